The van der Waals surface area contributed by atoms with Crippen molar-refractivity contribution in [2.24, 2.45) is 0 Å². The minimum Gasteiger partial charge on any atom is -0.490 e. The van der Waals surface area contributed by atoms with E-state index in [1.165, 1.54) is 0 Å². The quantitative estimate of drug-likeness (QED) is 0.225. The Balaban J connectivity index is 1.62. The van der Waals surface area contributed by atoms with Crippen LogP contribution >= 0.6 is 55.1 Å². The summed E-state index contributed by atoms with van der Waals surface area (Å²) in [5.74, 6) is 0.597. The molecule has 0 fully saturated rings. The Kier molecular flexibility index (Phi) is 5.35. The second kappa shape index (κ2) is 8.00. The highest BCUT2D eigenvalue weighted by Gasteiger charge is 2.17. The van der Waals surface area contributed by atoms with E-state index >= 15 is 0 Å². The molecule has 0 saturated heterocycles. The van der Waals surface area contributed by atoms with Crippen molar-refractivity contribution in [2.75, 3.05) is 6.61 Å². The van der Waals surface area contributed by atoms with Gasteiger partial charge in [0.25, 0.3) is 0 Å². The molecule has 0 unspecified atom stereocenters. The number of rotatable bonds is 4. The van der Waals surface area contributed by atoms with Crippen molar-refractivity contribution in [3.8, 4) is 5.75 Å². The summed E-state index contributed by atoms with van der Waals surface area (Å²) in [6, 6.07) is 17.2. The summed E-state index contributed by atoms with van der Waals surface area (Å²) in [5, 5.41) is 2.08. The van der Waals surface area contributed by atoms with Crippen molar-refractivity contribution >= 4 is 88.2 Å². The lowest BCUT2D eigenvalue weighted by molar-refractivity contribution is 0.302. The van der Waals surface area contributed by atoms with Gasteiger partial charge in [-0.3, -0.25) is 0 Å². The number of fused-ring (bicyclic) bond motifs is 4. The highest BCUT2D eigenvalue weighted by atomic mass is 79.9. The first-order valence-corrected chi connectivity index (χ1v) is 11.5. The summed E-state index contributed by atoms with van der Waals surface area (Å²) in [6.45, 7) is 0.990. The average molecular weight is 566 g/mol. The van der Waals surface area contributed by atoms with Gasteiger partial charge in [-0.05, 0) is 58.4 Å². The second-order valence-electron chi connectivity index (χ2n) is 6.74. The van der Waals surface area contributed by atoms with E-state index in [0.29, 0.717) is 28.9 Å². The lowest BCUT2D eigenvalue weighted by atomic mass is 10.2. The Labute approximate surface area is 199 Å². The van der Waals surface area contributed by atoms with E-state index in [-0.39, 0.29) is 0 Å². The van der Waals surface area contributed by atoms with Crippen molar-refractivity contribution in [3.63, 3.8) is 0 Å². The Morgan fingerprint density at radius 3 is 2.47 bits per heavy atom. The number of ether oxygens (including phenoxy) is 1. The summed E-state index contributed by atoms with van der Waals surface area (Å²) >= 11 is 19.5. The van der Waals surface area contributed by atoms with Gasteiger partial charge in [0, 0.05) is 19.4 Å². The molecule has 0 radical (unpaired) electrons. The molecule has 5 aromatic rings. The Morgan fingerprint density at radius 1 is 0.933 bits per heavy atom. The van der Waals surface area contributed by atoms with Gasteiger partial charge >= 0.3 is 0 Å². The van der Waals surface area contributed by atoms with Gasteiger partial charge < -0.3 is 9.30 Å². The summed E-state index contributed by atoms with van der Waals surface area (Å²) in [6.07, 6.45) is 0. The van der Waals surface area contributed by atoms with E-state index in [1.807, 2.05) is 30.3 Å². The number of nitrogens with zero attached hydrogens (tertiary/aromatic N) is 3. The molecule has 30 heavy (non-hydrogen) atoms. The average Bonchev–Trinajstić information content (AvgIpc) is 3.01. The molecule has 3 aromatic carbocycles. The molecule has 0 saturated carbocycles. The molecule has 2 heterocycles. The number of benzene rings is 3. The molecule has 0 spiro atoms. The van der Waals surface area contributed by atoms with Crippen LogP contribution in [0.25, 0.3) is 33.1 Å². The first kappa shape index (κ1) is 20.1. The van der Waals surface area contributed by atoms with Gasteiger partial charge in [0.2, 0.25) is 0 Å². The van der Waals surface area contributed by atoms with Crippen molar-refractivity contribution in [2.45, 2.75) is 6.54 Å². The highest BCUT2D eigenvalue weighted by Crippen LogP contribution is 2.36. The van der Waals surface area contributed by atoms with Crippen LogP contribution in [0.1, 0.15) is 0 Å². The molecule has 0 N–H and O–H groups in total. The molecule has 0 aliphatic carbocycles. The molecule has 0 aliphatic heterocycles. The summed E-state index contributed by atoms with van der Waals surface area (Å²) in [7, 11) is 0. The zero-order valence-corrected chi connectivity index (χ0v) is 20.1. The Hall–Kier alpha value is -1.86. The van der Waals surface area contributed by atoms with Crippen molar-refractivity contribution < 1.29 is 4.74 Å². The fourth-order valence-corrected chi connectivity index (χ4v) is 5.45. The largest absolute Gasteiger partial charge is 0.490 e. The molecule has 0 amide bonds. The minimum absolute atomic E-state index is 0.414. The van der Waals surface area contributed by atoms with Crippen LogP contribution < -0.4 is 4.74 Å². The fraction of sp³-hybridized carbons (Fsp3) is 0.0909. The monoisotopic (exact) mass is 563 g/mol. The minimum atomic E-state index is 0.414. The van der Waals surface area contributed by atoms with E-state index in [1.54, 1.807) is 18.2 Å². The van der Waals surface area contributed by atoms with Crippen molar-refractivity contribution in [1.82, 2.24) is 14.5 Å². The van der Waals surface area contributed by atoms with Crippen molar-refractivity contribution in [3.05, 3.63) is 73.6 Å². The van der Waals surface area contributed by atoms with Crippen LogP contribution in [-0.2, 0) is 6.54 Å². The standard InChI is InChI=1S/C22H13Br2Cl2N3O/c23-12-9-14-20-22(28-18-4-2-1-3-17(18)27-20)29(21(14)15(24)10-12)7-8-30-19-6-5-13(25)11-16(19)26/h1-6,9-11H,7-8H2. The zero-order valence-electron chi connectivity index (χ0n) is 15.4. The van der Waals surface area contributed by atoms with Crippen LogP contribution in [0, 0.1) is 0 Å². The highest BCUT2D eigenvalue weighted by molar-refractivity contribution is 9.11. The van der Waals surface area contributed by atoms with Crippen LogP contribution in [-0.4, -0.2) is 21.1 Å². The van der Waals surface area contributed by atoms with Crippen LogP contribution in [0.4, 0.5) is 0 Å². The normalized spacial score (nSPS) is 11.6. The van der Waals surface area contributed by atoms with Crippen LogP contribution in [0.15, 0.2) is 63.5 Å². The number of para-hydroxylation sites is 2. The Bertz CT molecular complexity index is 1440. The van der Waals surface area contributed by atoms with E-state index in [0.717, 1.165) is 42.0 Å². The number of aromatic nitrogens is 3. The van der Waals surface area contributed by atoms with Crippen molar-refractivity contribution in [1.29, 1.82) is 0 Å². The maximum absolute atomic E-state index is 6.24. The van der Waals surface area contributed by atoms with Gasteiger partial charge in [0.1, 0.15) is 17.9 Å². The lowest BCUT2D eigenvalue weighted by Crippen LogP contribution is -2.09. The third-order valence-electron chi connectivity index (χ3n) is 4.83. The van der Waals surface area contributed by atoms with E-state index in [4.69, 9.17) is 37.9 Å². The SMILES string of the molecule is Clc1ccc(OCCn2c3nc4ccccc4nc3c3cc(Br)cc(Br)c32)c(Cl)c1. The smallest absolute Gasteiger partial charge is 0.160 e. The van der Waals surface area contributed by atoms with Gasteiger partial charge in [0.05, 0.1) is 28.1 Å². The van der Waals surface area contributed by atoms with E-state index < -0.39 is 0 Å². The summed E-state index contributed by atoms with van der Waals surface area (Å²) < 4.78 is 9.99. The predicted octanol–water partition coefficient (Wildman–Crippen LogP) is 7.65. The third kappa shape index (κ3) is 3.56. The molecule has 150 valence electrons. The molecule has 8 heteroatoms. The van der Waals surface area contributed by atoms with Gasteiger partial charge in [-0.2, -0.15) is 0 Å². The fourth-order valence-electron chi connectivity index (χ4n) is 3.54. The van der Waals surface area contributed by atoms with Crippen LogP contribution in [0.3, 0.4) is 0 Å². The van der Waals surface area contributed by atoms with Gasteiger partial charge in [-0.1, -0.05) is 51.3 Å². The lowest BCUT2D eigenvalue weighted by Gasteiger charge is -2.11. The first-order chi connectivity index (χ1) is 14.5. The molecule has 0 aliphatic rings. The first-order valence-electron chi connectivity index (χ1n) is 9.13. The topological polar surface area (TPSA) is 39.9 Å². The molecule has 0 atom stereocenters. The van der Waals surface area contributed by atoms with Gasteiger partial charge in [-0.15, -0.1) is 0 Å². The third-order valence-corrected chi connectivity index (χ3v) is 6.42. The van der Waals surface area contributed by atoms with Crippen LogP contribution in [0.5, 0.6) is 5.75 Å². The molecular weight excluding hydrogens is 553 g/mol. The van der Waals surface area contributed by atoms with Crippen LogP contribution in [0.2, 0.25) is 10.0 Å². The van der Waals surface area contributed by atoms with E-state index in [9.17, 15) is 0 Å². The van der Waals surface area contributed by atoms with Gasteiger partial charge in [-0.25, -0.2) is 9.97 Å². The summed E-state index contributed by atoms with van der Waals surface area (Å²) in [5.41, 5.74) is 4.41. The maximum atomic E-state index is 6.24. The maximum Gasteiger partial charge on any atom is 0.160 e. The van der Waals surface area contributed by atoms with E-state index in [2.05, 4.69) is 42.5 Å². The second-order valence-corrected chi connectivity index (χ2v) is 9.36. The predicted molar refractivity (Wildman–Crippen MR) is 130 cm³/mol. The molecule has 5 rings (SSSR count). The molecule has 2 aromatic heterocycles. The molecule has 0 bridgehead atoms. The Morgan fingerprint density at radius 2 is 1.70 bits per heavy atom. The zero-order chi connectivity index (χ0) is 20.8. The number of hydrogen-bond donors (Lipinski definition) is 0. The molecular formula is C22H13Br2Cl2N3O. The number of halogens is 4. The summed E-state index contributed by atoms with van der Waals surface area (Å²) in [4.78, 5) is 9.80. The number of hydrogen-bond acceptors (Lipinski definition) is 3. The molecule has 4 nitrogen and oxygen atoms in total. The van der Waals surface area contributed by atoms with Gasteiger partial charge in [0.15, 0.2) is 5.65 Å².